The quantitative estimate of drug-likeness (QED) is 0.648. The first-order valence-corrected chi connectivity index (χ1v) is 8.43. The standard InChI is InChI=1S/C18H21N3S/c1-11(2)22-18-20-15-7-6-8-19-17(15)21(18)16-13(4)9-12(3)10-14(16)5/h6-11H,1-5H3. The minimum absolute atomic E-state index is 0.474. The van der Waals surface area contributed by atoms with Gasteiger partial charge in [-0.05, 0) is 44.0 Å². The molecule has 22 heavy (non-hydrogen) atoms. The third-order valence-corrected chi connectivity index (χ3v) is 4.54. The van der Waals surface area contributed by atoms with Crippen LogP contribution in [0.25, 0.3) is 16.9 Å². The molecule has 4 heteroatoms. The van der Waals surface area contributed by atoms with Crippen LogP contribution in [0.5, 0.6) is 0 Å². The number of benzene rings is 1. The van der Waals surface area contributed by atoms with Crippen LogP contribution in [0.2, 0.25) is 0 Å². The number of pyridine rings is 1. The predicted molar refractivity (Wildman–Crippen MR) is 94.1 cm³/mol. The number of hydrogen-bond donors (Lipinski definition) is 0. The molecule has 0 amide bonds. The van der Waals surface area contributed by atoms with Gasteiger partial charge in [0.15, 0.2) is 10.8 Å². The van der Waals surface area contributed by atoms with Crippen molar-refractivity contribution < 1.29 is 0 Å². The summed E-state index contributed by atoms with van der Waals surface area (Å²) >= 11 is 1.78. The molecule has 0 aliphatic carbocycles. The van der Waals surface area contributed by atoms with E-state index in [9.17, 15) is 0 Å². The van der Waals surface area contributed by atoms with Crippen molar-refractivity contribution in [2.75, 3.05) is 0 Å². The molecule has 0 saturated carbocycles. The van der Waals surface area contributed by atoms with Gasteiger partial charge in [0.2, 0.25) is 0 Å². The van der Waals surface area contributed by atoms with Gasteiger partial charge in [0.05, 0.1) is 5.69 Å². The van der Waals surface area contributed by atoms with Crippen molar-refractivity contribution in [2.24, 2.45) is 0 Å². The molecule has 0 unspecified atom stereocenters. The number of rotatable bonds is 3. The Balaban J connectivity index is 2.34. The molecule has 114 valence electrons. The van der Waals surface area contributed by atoms with E-state index in [4.69, 9.17) is 4.98 Å². The Kier molecular flexibility index (Phi) is 3.96. The van der Waals surface area contributed by atoms with Gasteiger partial charge < -0.3 is 0 Å². The van der Waals surface area contributed by atoms with E-state index in [1.54, 1.807) is 11.8 Å². The number of thioether (sulfide) groups is 1. The lowest BCUT2D eigenvalue weighted by atomic mass is 10.1. The van der Waals surface area contributed by atoms with Gasteiger partial charge in [-0.2, -0.15) is 0 Å². The van der Waals surface area contributed by atoms with Crippen LogP contribution in [0, 0.1) is 20.8 Å². The van der Waals surface area contributed by atoms with Crippen LogP contribution < -0.4 is 0 Å². The van der Waals surface area contributed by atoms with Crippen LogP contribution in [0.4, 0.5) is 0 Å². The van der Waals surface area contributed by atoms with E-state index in [2.05, 4.69) is 56.3 Å². The highest BCUT2D eigenvalue weighted by Crippen LogP contribution is 2.32. The summed E-state index contributed by atoms with van der Waals surface area (Å²) < 4.78 is 2.21. The van der Waals surface area contributed by atoms with Crippen molar-refractivity contribution in [3.05, 3.63) is 47.2 Å². The summed E-state index contributed by atoms with van der Waals surface area (Å²) in [5, 5.41) is 1.49. The van der Waals surface area contributed by atoms with E-state index < -0.39 is 0 Å². The average molecular weight is 311 g/mol. The lowest BCUT2D eigenvalue weighted by Gasteiger charge is -2.16. The van der Waals surface area contributed by atoms with E-state index in [0.717, 1.165) is 16.3 Å². The molecular weight excluding hydrogens is 290 g/mol. The van der Waals surface area contributed by atoms with E-state index in [-0.39, 0.29) is 0 Å². The topological polar surface area (TPSA) is 30.7 Å². The zero-order valence-electron chi connectivity index (χ0n) is 13.7. The first-order chi connectivity index (χ1) is 10.5. The van der Waals surface area contributed by atoms with Crippen LogP contribution in [0.15, 0.2) is 35.6 Å². The first-order valence-electron chi connectivity index (χ1n) is 7.55. The van der Waals surface area contributed by atoms with Crippen LogP contribution in [0.3, 0.4) is 0 Å². The van der Waals surface area contributed by atoms with Crippen LogP contribution >= 0.6 is 11.8 Å². The van der Waals surface area contributed by atoms with Gasteiger partial charge >= 0.3 is 0 Å². The SMILES string of the molecule is Cc1cc(C)c(-n2c(SC(C)C)nc3cccnc32)c(C)c1. The van der Waals surface area contributed by atoms with Crippen molar-refractivity contribution in [3.63, 3.8) is 0 Å². The zero-order valence-corrected chi connectivity index (χ0v) is 14.5. The average Bonchev–Trinajstić information content (AvgIpc) is 2.75. The summed E-state index contributed by atoms with van der Waals surface area (Å²) in [5.74, 6) is 0. The Morgan fingerprint density at radius 2 is 1.77 bits per heavy atom. The number of hydrogen-bond acceptors (Lipinski definition) is 3. The molecule has 2 aromatic heterocycles. The molecule has 0 saturated heterocycles. The molecule has 0 fully saturated rings. The molecule has 3 nitrogen and oxygen atoms in total. The third kappa shape index (κ3) is 2.63. The predicted octanol–water partition coefficient (Wildman–Crippen LogP) is 4.85. The Hall–Kier alpha value is -1.81. The first kappa shape index (κ1) is 15.1. The van der Waals surface area contributed by atoms with Gasteiger partial charge in [0.1, 0.15) is 5.52 Å². The van der Waals surface area contributed by atoms with Crippen molar-refractivity contribution in [1.29, 1.82) is 0 Å². The number of aryl methyl sites for hydroxylation is 3. The largest absolute Gasteiger partial charge is 0.271 e. The van der Waals surface area contributed by atoms with E-state index >= 15 is 0 Å². The Labute approximate surface area is 135 Å². The summed E-state index contributed by atoms with van der Waals surface area (Å²) in [5.41, 5.74) is 6.89. The minimum Gasteiger partial charge on any atom is -0.271 e. The van der Waals surface area contributed by atoms with Gasteiger partial charge in [-0.25, -0.2) is 9.97 Å². The lowest BCUT2D eigenvalue weighted by Crippen LogP contribution is -2.04. The maximum atomic E-state index is 4.80. The van der Waals surface area contributed by atoms with E-state index in [1.165, 1.54) is 22.4 Å². The van der Waals surface area contributed by atoms with Crippen LogP contribution in [-0.4, -0.2) is 19.8 Å². The second-order valence-electron chi connectivity index (χ2n) is 5.99. The maximum Gasteiger partial charge on any atom is 0.175 e. The molecule has 0 radical (unpaired) electrons. The summed E-state index contributed by atoms with van der Waals surface area (Å²) in [6.45, 7) is 10.8. The van der Waals surface area contributed by atoms with Crippen molar-refractivity contribution in [3.8, 4) is 5.69 Å². The van der Waals surface area contributed by atoms with Crippen molar-refractivity contribution in [1.82, 2.24) is 14.5 Å². The fourth-order valence-electron chi connectivity index (χ4n) is 2.91. The molecule has 2 heterocycles. The smallest absolute Gasteiger partial charge is 0.175 e. The maximum absolute atomic E-state index is 4.80. The highest BCUT2D eigenvalue weighted by Gasteiger charge is 2.18. The second kappa shape index (κ2) is 5.76. The van der Waals surface area contributed by atoms with Crippen molar-refractivity contribution >= 4 is 22.9 Å². The fourth-order valence-corrected chi connectivity index (χ4v) is 3.76. The highest BCUT2D eigenvalue weighted by atomic mass is 32.2. The molecule has 0 aliphatic rings. The lowest BCUT2D eigenvalue weighted by molar-refractivity contribution is 0.886. The summed E-state index contributed by atoms with van der Waals surface area (Å²) in [4.78, 5) is 9.37. The molecular formula is C18H21N3S. The Morgan fingerprint density at radius 3 is 2.41 bits per heavy atom. The molecule has 1 aromatic carbocycles. The number of fused-ring (bicyclic) bond motifs is 1. The molecule has 0 bridgehead atoms. The highest BCUT2D eigenvalue weighted by molar-refractivity contribution is 7.99. The number of nitrogens with zero attached hydrogens (tertiary/aromatic N) is 3. The molecule has 0 aliphatic heterocycles. The molecule has 3 aromatic rings. The fraction of sp³-hybridized carbons (Fsp3) is 0.333. The monoisotopic (exact) mass is 311 g/mol. The molecule has 0 N–H and O–H groups in total. The van der Waals surface area contributed by atoms with Gasteiger partial charge in [0, 0.05) is 11.4 Å². The summed E-state index contributed by atoms with van der Waals surface area (Å²) in [7, 11) is 0. The minimum atomic E-state index is 0.474. The van der Waals surface area contributed by atoms with Gasteiger partial charge in [-0.3, -0.25) is 4.57 Å². The van der Waals surface area contributed by atoms with E-state index in [1.807, 2.05) is 18.3 Å². The normalized spacial score (nSPS) is 11.5. The molecule has 0 atom stereocenters. The van der Waals surface area contributed by atoms with Crippen LogP contribution in [-0.2, 0) is 0 Å². The summed E-state index contributed by atoms with van der Waals surface area (Å²) in [6, 6.07) is 8.42. The van der Waals surface area contributed by atoms with Gasteiger partial charge in [0.25, 0.3) is 0 Å². The van der Waals surface area contributed by atoms with Gasteiger partial charge in [-0.15, -0.1) is 0 Å². The van der Waals surface area contributed by atoms with Gasteiger partial charge in [-0.1, -0.05) is 43.3 Å². The Bertz CT molecular complexity index is 810. The second-order valence-corrected chi connectivity index (χ2v) is 7.53. The number of imidazole rings is 1. The third-order valence-electron chi connectivity index (χ3n) is 3.59. The number of aromatic nitrogens is 3. The summed E-state index contributed by atoms with van der Waals surface area (Å²) in [6.07, 6.45) is 1.84. The van der Waals surface area contributed by atoms with Crippen molar-refractivity contribution in [2.45, 2.75) is 45.0 Å². The Morgan fingerprint density at radius 1 is 1.09 bits per heavy atom. The zero-order chi connectivity index (χ0) is 15.9. The van der Waals surface area contributed by atoms with Crippen LogP contribution in [0.1, 0.15) is 30.5 Å². The molecule has 3 rings (SSSR count). The van der Waals surface area contributed by atoms with E-state index in [0.29, 0.717) is 5.25 Å². The molecule has 0 spiro atoms.